The molecule has 3 saturated carbocycles. The van der Waals surface area contributed by atoms with Crippen LogP contribution in [-0.4, -0.2) is 52.1 Å². The van der Waals surface area contributed by atoms with E-state index in [1.54, 1.807) is 13.2 Å². The van der Waals surface area contributed by atoms with Crippen molar-refractivity contribution in [2.45, 2.75) is 101 Å². The van der Waals surface area contributed by atoms with Gasteiger partial charge < -0.3 is 20.7 Å². The fourth-order valence-electron chi connectivity index (χ4n) is 5.92. The highest BCUT2D eigenvalue weighted by Gasteiger charge is 2.31. The summed E-state index contributed by atoms with van der Waals surface area (Å²) < 4.78 is 33.9. The zero-order valence-electron chi connectivity index (χ0n) is 25.4. The number of aromatic nitrogens is 4. The van der Waals surface area contributed by atoms with E-state index in [2.05, 4.69) is 50.1 Å². The fraction of sp³-hybridized carbons (Fsp3) is 0.581. The third-order valence-electron chi connectivity index (χ3n) is 8.29. The maximum Gasteiger partial charge on any atom is 0.229 e. The van der Waals surface area contributed by atoms with Gasteiger partial charge in [-0.25, -0.2) is 13.4 Å². The molecule has 10 nitrogen and oxygen atoms in total. The van der Waals surface area contributed by atoms with Crippen LogP contribution in [0, 0.1) is 12.8 Å². The Kier molecular flexibility index (Phi) is 8.59. The summed E-state index contributed by atoms with van der Waals surface area (Å²) in [4.78, 5) is 9.02. The number of sulfone groups is 1. The number of nitrogens with zero attached hydrogens (tertiary/aromatic N) is 4. The lowest BCUT2D eigenvalue weighted by molar-refractivity contribution is 0.303. The van der Waals surface area contributed by atoms with Crippen molar-refractivity contribution in [2.24, 2.45) is 13.0 Å². The van der Waals surface area contributed by atoms with Crippen molar-refractivity contribution in [1.82, 2.24) is 25.1 Å². The Hall–Kier alpha value is -2.89. The summed E-state index contributed by atoms with van der Waals surface area (Å²) in [7, 11) is -1.93. The molecule has 6 rings (SSSR count). The van der Waals surface area contributed by atoms with Crippen LogP contribution in [0.15, 0.2) is 29.6 Å². The Labute approximate surface area is 259 Å². The quantitative estimate of drug-likeness (QED) is 0.209. The van der Waals surface area contributed by atoms with Crippen LogP contribution in [0.5, 0.6) is 5.75 Å². The Morgan fingerprint density at radius 1 is 1.02 bits per heavy atom. The van der Waals surface area contributed by atoms with Gasteiger partial charge >= 0.3 is 0 Å². The number of benzene rings is 1. The molecule has 0 atom stereocenters. The SMILES string of the molecule is Cc1cc(Nc2ncc(Cl)c(Nc3cn(C)nc3S(=O)(=O)CC(C)C)n2)c(OC2CC2)cc1C1CCC(NC2CC2)CC1. The normalized spacial score (nSPS) is 20.8. The van der Waals surface area contributed by atoms with E-state index in [4.69, 9.17) is 16.3 Å². The average molecular weight is 628 g/mol. The van der Waals surface area contributed by atoms with Gasteiger partial charge in [-0.2, -0.15) is 10.1 Å². The lowest BCUT2D eigenvalue weighted by Crippen LogP contribution is -2.34. The largest absolute Gasteiger partial charge is 0.488 e. The zero-order valence-corrected chi connectivity index (χ0v) is 26.9. The zero-order chi connectivity index (χ0) is 30.3. The molecule has 1 aromatic carbocycles. The maximum absolute atomic E-state index is 13.0. The van der Waals surface area contributed by atoms with E-state index in [1.807, 2.05) is 13.8 Å². The van der Waals surface area contributed by atoms with Gasteiger partial charge in [0.2, 0.25) is 11.0 Å². The number of anilines is 4. The highest BCUT2D eigenvalue weighted by Crippen LogP contribution is 2.42. The van der Waals surface area contributed by atoms with Gasteiger partial charge in [0.05, 0.1) is 29.4 Å². The molecule has 3 aliphatic carbocycles. The Balaban J connectivity index is 1.23. The van der Waals surface area contributed by atoms with E-state index in [1.165, 1.54) is 60.5 Å². The van der Waals surface area contributed by atoms with E-state index >= 15 is 0 Å². The molecule has 0 unspecified atom stereocenters. The first-order valence-corrected chi connectivity index (χ1v) is 17.5. The molecular weight excluding hydrogens is 586 g/mol. The highest BCUT2D eigenvalue weighted by molar-refractivity contribution is 7.91. The van der Waals surface area contributed by atoms with E-state index in [9.17, 15) is 8.42 Å². The van der Waals surface area contributed by atoms with Crippen LogP contribution in [-0.2, 0) is 16.9 Å². The van der Waals surface area contributed by atoms with Crippen LogP contribution >= 0.6 is 11.6 Å². The van der Waals surface area contributed by atoms with Gasteiger partial charge in [0.1, 0.15) is 10.8 Å². The molecule has 0 radical (unpaired) electrons. The lowest BCUT2D eigenvalue weighted by atomic mass is 9.80. The minimum Gasteiger partial charge on any atom is -0.488 e. The number of ether oxygens (including phenoxy) is 1. The topological polar surface area (TPSA) is 123 Å². The molecule has 3 fully saturated rings. The Morgan fingerprint density at radius 2 is 1.72 bits per heavy atom. The number of hydrogen-bond donors (Lipinski definition) is 3. The fourth-order valence-corrected chi connectivity index (χ4v) is 7.79. The van der Waals surface area contributed by atoms with Crippen LogP contribution in [0.4, 0.5) is 23.1 Å². The summed E-state index contributed by atoms with van der Waals surface area (Å²) in [6.45, 7) is 5.88. The van der Waals surface area contributed by atoms with Gasteiger partial charge in [-0.3, -0.25) is 4.68 Å². The number of nitrogens with one attached hydrogen (secondary N) is 3. The summed E-state index contributed by atoms with van der Waals surface area (Å²) >= 11 is 6.47. The summed E-state index contributed by atoms with van der Waals surface area (Å²) in [5.41, 5.74) is 3.69. The predicted octanol–water partition coefficient (Wildman–Crippen LogP) is 6.41. The van der Waals surface area contributed by atoms with Crippen molar-refractivity contribution >= 4 is 44.6 Å². The number of halogens is 1. The molecule has 0 bridgehead atoms. The van der Waals surface area contributed by atoms with E-state index < -0.39 is 9.84 Å². The van der Waals surface area contributed by atoms with Crippen LogP contribution in [0.2, 0.25) is 5.02 Å². The van der Waals surface area contributed by atoms with Crippen molar-refractivity contribution in [3.63, 3.8) is 0 Å². The molecule has 43 heavy (non-hydrogen) atoms. The number of hydrogen-bond acceptors (Lipinski definition) is 9. The van der Waals surface area contributed by atoms with Gasteiger partial charge in [-0.1, -0.05) is 25.4 Å². The predicted molar refractivity (Wildman–Crippen MR) is 170 cm³/mol. The van der Waals surface area contributed by atoms with Gasteiger partial charge in [0.15, 0.2) is 15.7 Å². The molecule has 232 valence electrons. The van der Waals surface area contributed by atoms with Crippen LogP contribution in [0.1, 0.15) is 82.3 Å². The number of aryl methyl sites for hydroxylation is 2. The molecule has 0 aliphatic heterocycles. The highest BCUT2D eigenvalue weighted by atomic mass is 35.5. The summed E-state index contributed by atoms with van der Waals surface area (Å²) in [5.74, 6) is 1.88. The summed E-state index contributed by atoms with van der Waals surface area (Å²) in [6.07, 6.45) is 12.9. The smallest absolute Gasteiger partial charge is 0.229 e. The molecule has 3 aliphatic rings. The monoisotopic (exact) mass is 627 g/mol. The van der Waals surface area contributed by atoms with Crippen molar-refractivity contribution in [3.8, 4) is 5.75 Å². The molecule has 3 aromatic rings. The summed E-state index contributed by atoms with van der Waals surface area (Å²) in [6, 6.07) is 5.74. The second-order valence-corrected chi connectivity index (χ2v) is 15.2. The number of rotatable bonds is 12. The molecule has 2 aromatic heterocycles. The van der Waals surface area contributed by atoms with Gasteiger partial charge in [-0.05, 0) is 93.4 Å². The molecule has 2 heterocycles. The Morgan fingerprint density at radius 3 is 2.37 bits per heavy atom. The maximum atomic E-state index is 13.0. The third-order valence-corrected chi connectivity index (χ3v) is 10.6. The van der Waals surface area contributed by atoms with Crippen molar-refractivity contribution in [2.75, 3.05) is 16.4 Å². The average Bonchev–Trinajstić information content (AvgIpc) is 3.88. The standard InChI is InChI=1S/C31H42ClN7O3S/c1-18(2)17-43(40,41)30-27(16-39(4)38-30)35-29-25(32)15-33-31(37-29)36-26-13-19(3)24(14-28(26)42-23-11-12-23)20-5-7-21(8-6-20)34-22-9-10-22/h13-16,18,20-23,34H,5-12,17H2,1-4H3,(H2,33,35,36,37). The van der Waals surface area contributed by atoms with Crippen LogP contribution in [0.25, 0.3) is 0 Å². The van der Waals surface area contributed by atoms with E-state index in [0.717, 1.165) is 30.3 Å². The van der Waals surface area contributed by atoms with Crippen LogP contribution < -0.4 is 20.7 Å². The molecule has 3 N–H and O–H groups in total. The minimum absolute atomic E-state index is 0.0130. The van der Waals surface area contributed by atoms with E-state index in [0.29, 0.717) is 23.6 Å². The first-order chi connectivity index (χ1) is 20.5. The van der Waals surface area contributed by atoms with Crippen molar-refractivity contribution in [1.29, 1.82) is 0 Å². The first kappa shape index (κ1) is 30.1. The second kappa shape index (κ2) is 12.2. The second-order valence-electron chi connectivity index (χ2n) is 12.8. The molecular formula is C31H42ClN7O3S. The first-order valence-electron chi connectivity index (χ1n) is 15.4. The summed E-state index contributed by atoms with van der Waals surface area (Å²) in [5, 5.41) is 14.7. The lowest BCUT2D eigenvalue weighted by Gasteiger charge is -2.31. The van der Waals surface area contributed by atoms with Gasteiger partial charge in [0, 0.05) is 25.3 Å². The van der Waals surface area contributed by atoms with Crippen LogP contribution in [0.3, 0.4) is 0 Å². The van der Waals surface area contributed by atoms with Gasteiger partial charge in [-0.15, -0.1) is 0 Å². The Bertz CT molecular complexity index is 1580. The minimum atomic E-state index is -3.61. The van der Waals surface area contributed by atoms with Crippen molar-refractivity contribution in [3.05, 3.63) is 40.7 Å². The third kappa shape index (κ3) is 7.44. The molecule has 0 spiro atoms. The van der Waals surface area contributed by atoms with Gasteiger partial charge in [0.25, 0.3) is 0 Å². The van der Waals surface area contributed by atoms with E-state index in [-0.39, 0.29) is 33.6 Å². The molecule has 0 amide bonds. The molecule has 12 heteroatoms. The van der Waals surface area contributed by atoms with Crippen molar-refractivity contribution < 1.29 is 13.2 Å². The molecule has 0 saturated heterocycles.